The summed E-state index contributed by atoms with van der Waals surface area (Å²) in [5, 5.41) is 8.52. The molecule has 0 atom stereocenters. The summed E-state index contributed by atoms with van der Waals surface area (Å²) in [6.45, 7) is 0.240. The van der Waals surface area contributed by atoms with Crippen molar-refractivity contribution >= 4 is 12.4 Å². The van der Waals surface area contributed by atoms with Crippen molar-refractivity contribution in [2.24, 2.45) is 0 Å². The molecule has 0 aromatic heterocycles. The molecule has 1 aromatic carbocycles. The molecular formula is C8H14ClNO. The highest BCUT2D eigenvalue weighted by atomic mass is 35.5. The number of hydrogen-bond donors (Lipinski definition) is 2. The molecule has 1 rings (SSSR count). The summed E-state index contributed by atoms with van der Waals surface area (Å²) in [4.78, 5) is 0. The molecule has 0 saturated carbocycles. The predicted octanol–water partition coefficient (Wildman–Crippen LogP) is 1.81. The molecule has 2 nitrogen and oxygen atoms in total. The number of hydrogen-bond acceptors (Lipinski definition) is 2. The van der Waals surface area contributed by atoms with Crippen LogP contribution in [-0.2, 0) is 6.42 Å². The lowest BCUT2D eigenvalue weighted by Gasteiger charge is -1.93. The first-order valence-corrected chi connectivity index (χ1v) is 3.08. The monoisotopic (exact) mass is 175 g/mol. The van der Waals surface area contributed by atoms with Gasteiger partial charge in [0, 0.05) is 6.61 Å². The van der Waals surface area contributed by atoms with E-state index in [1.807, 2.05) is 30.3 Å². The Morgan fingerprint density at radius 2 is 1.64 bits per heavy atom. The maximum atomic E-state index is 8.52. The van der Waals surface area contributed by atoms with Crippen LogP contribution in [0.1, 0.15) is 5.56 Å². The van der Waals surface area contributed by atoms with E-state index in [9.17, 15) is 0 Å². The van der Waals surface area contributed by atoms with Gasteiger partial charge in [0.05, 0.1) is 0 Å². The van der Waals surface area contributed by atoms with Gasteiger partial charge in [-0.25, -0.2) is 0 Å². The molecule has 0 heterocycles. The Morgan fingerprint density at radius 1 is 1.09 bits per heavy atom. The molecule has 0 fully saturated rings. The Balaban J connectivity index is 0. The van der Waals surface area contributed by atoms with Gasteiger partial charge in [0.1, 0.15) is 0 Å². The van der Waals surface area contributed by atoms with E-state index in [2.05, 4.69) is 0 Å². The third-order valence-electron chi connectivity index (χ3n) is 1.24. The summed E-state index contributed by atoms with van der Waals surface area (Å²) < 4.78 is 0. The Kier molecular flexibility index (Phi) is 8.94. The fourth-order valence-electron chi connectivity index (χ4n) is 0.774. The lowest BCUT2D eigenvalue weighted by molar-refractivity contribution is 0.299. The van der Waals surface area contributed by atoms with Gasteiger partial charge in [-0.2, -0.15) is 0 Å². The second-order valence-corrected chi connectivity index (χ2v) is 1.96. The molecule has 4 N–H and O–H groups in total. The fraction of sp³-hybridized carbons (Fsp3) is 0.250. The Labute approximate surface area is 73.2 Å². The van der Waals surface area contributed by atoms with Crippen molar-refractivity contribution in [1.29, 1.82) is 0 Å². The quantitative estimate of drug-likeness (QED) is 0.721. The topological polar surface area (TPSA) is 55.2 Å². The average Bonchev–Trinajstić information content (AvgIpc) is 1.91. The molecule has 3 heteroatoms. The number of aliphatic hydroxyl groups excluding tert-OH is 1. The first-order valence-electron chi connectivity index (χ1n) is 3.08. The largest absolute Gasteiger partial charge is 0.396 e. The maximum absolute atomic E-state index is 8.52. The summed E-state index contributed by atoms with van der Waals surface area (Å²) in [6.07, 6.45) is 0.765. The van der Waals surface area contributed by atoms with Crippen molar-refractivity contribution in [1.82, 2.24) is 6.15 Å². The molecule has 0 spiro atoms. The van der Waals surface area contributed by atoms with Gasteiger partial charge in [-0.1, -0.05) is 30.3 Å². The summed E-state index contributed by atoms with van der Waals surface area (Å²) in [5.41, 5.74) is 1.19. The molecule has 0 aliphatic carbocycles. The Morgan fingerprint density at radius 3 is 2.09 bits per heavy atom. The zero-order valence-electron chi connectivity index (χ0n) is 6.36. The standard InChI is InChI=1S/C8H10O.ClH.H3N/c9-7-6-8-4-2-1-3-5-8;;/h1-5,9H,6-7H2;1H;1H3. The van der Waals surface area contributed by atoms with Gasteiger partial charge in [-0.15, -0.1) is 12.4 Å². The molecule has 0 bridgehead atoms. The van der Waals surface area contributed by atoms with Gasteiger partial charge >= 0.3 is 0 Å². The number of benzene rings is 1. The minimum Gasteiger partial charge on any atom is -0.396 e. The van der Waals surface area contributed by atoms with E-state index in [1.165, 1.54) is 5.56 Å². The smallest absolute Gasteiger partial charge is 0.0471 e. The van der Waals surface area contributed by atoms with Gasteiger partial charge in [0.2, 0.25) is 0 Å². The first-order chi connectivity index (χ1) is 4.43. The van der Waals surface area contributed by atoms with Crippen molar-refractivity contribution in [3.63, 3.8) is 0 Å². The van der Waals surface area contributed by atoms with E-state index < -0.39 is 0 Å². The van der Waals surface area contributed by atoms with Crippen molar-refractivity contribution in [2.75, 3.05) is 6.61 Å². The first kappa shape index (κ1) is 13.1. The minimum absolute atomic E-state index is 0. The van der Waals surface area contributed by atoms with Crippen molar-refractivity contribution < 1.29 is 5.11 Å². The highest BCUT2D eigenvalue weighted by Crippen LogP contribution is 1.97. The van der Waals surface area contributed by atoms with Crippen LogP contribution in [0, 0.1) is 0 Å². The van der Waals surface area contributed by atoms with E-state index in [0.717, 1.165) is 6.42 Å². The zero-order chi connectivity index (χ0) is 6.53. The molecule has 0 amide bonds. The van der Waals surface area contributed by atoms with Gasteiger partial charge in [0.15, 0.2) is 0 Å². The SMILES string of the molecule is Cl.N.OCCc1ccccc1. The maximum Gasteiger partial charge on any atom is 0.0471 e. The van der Waals surface area contributed by atoms with E-state index in [-0.39, 0.29) is 25.2 Å². The van der Waals surface area contributed by atoms with Crippen molar-refractivity contribution in [3.8, 4) is 0 Å². The van der Waals surface area contributed by atoms with Crippen LogP contribution < -0.4 is 6.15 Å². The summed E-state index contributed by atoms with van der Waals surface area (Å²) in [7, 11) is 0. The van der Waals surface area contributed by atoms with E-state index >= 15 is 0 Å². The Hall–Kier alpha value is -0.570. The van der Waals surface area contributed by atoms with Crippen LogP contribution in [0.2, 0.25) is 0 Å². The van der Waals surface area contributed by atoms with Crippen molar-refractivity contribution in [3.05, 3.63) is 35.9 Å². The molecule has 64 valence electrons. The van der Waals surface area contributed by atoms with E-state index in [1.54, 1.807) is 0 Å². The predicted molar refractivity (Wildman–Crippen MR) is 49.5 cm³/mol. The summed E-state index contributed by atoms with van der Waals surface area (Å²) >= 11 is 0. The summed E-state index contributed by atoms with van der Waals surface area (Å²) in [6, 6.07) is 9.95. The average molecular weight is 176 g/mol. The second-order valence-electron chi connectivity index (χ2n) is 1.96. The van der Waals surface area contributed by atoms with Gasteiger partial charge in [-0.3, -0.25) is 0 Å². The molecule has 1 aromatic rings. The van der Waals surface area contributed by atoms with Crippen LogP contribution in [0.3, 0.4) is 0 Å². The fourth-order valence-corrected chi connectivity index (χ4v) is 0.774. The van der Waals surface area contributed by atoms with Crippen LogP contribution in [-0.4, -0.2) is 11.7 Å². The third kappa shape index (κ3) is 4.79. The highest BCUT2D eigenvalue weighted by molar-refractivity contribution is 5.85. The second kappa shape index (κ2) is 7.54. The normalized spacial score (nSPS) is 7.73. The minimum atomic E-state index is 0. The van der Waals surface area contributed by atoms with Crippen LogP contribution in [0.4, 0.5) is 0 Å². The molecule has 0 radical (unpaired) electrons. The zero-order valence-corrected chi connectivity index (χ0v) is 7.18. The number of halogens is 1. The molecule has 11 heavy (non-hydrogen) atoms. The van der Waals surface area contributed by atoms with Gasteiger partial charge in [0.25, 0.3) is 0 Å². The van der Waals surface area contributed by atoms with Gasteiger partial charge < -0.3 is 11.3 Å². The Bertz CT molecular complexity index is 167. The lowest BCUT2D eigenvalue weighted by Crippen LogP contribution is -1.88. The highest BCUT2D eigenvalue weighted by Gasteiger charge is 1.85. The molecule has 0 aliphatic heterocycles. The van der Waals surface area contributed by atoms with Crippen LogP contribution in [0.25, 0.3) is 0 Å². The third-order valence-corrected chi connectivity index (χ3v) is 1.24. The van der Waals surface area contributed by atoms with E-state index in [4.69, 9.17) is 5.11 Å². The molecule has 0 saturated heterocycles. The lowest BCUT2D eigenvalue weighted by atomic mass is 10.2. The van der Waals surface area contributed by atoms with E-state index in [0.29, 0.717) is 0 Å². The number of rotatable bonds is 2. The van der Waals surface area contributed by atoms with Gasteiger partial charge in [-0.05, 0) is 12.0 Å². The molecule has 0 aliphatic rings. The molecule has 0 unspecified atom stereocenters. The van der Waals surface area contributed by atoms with Crippen molar-refractivity contribution in [2.45, 2.75) is 6.42 Å². The van der Waals surface area contributed by atoms with Crippen LogP contribution in [0.15, 0.2) is 30.3 Å². The van der Waals surface area contributed by atoms with Crippen LogP contribution in [0.5, 0.6) is 0 Å². The molecular weight excluding hydrogens is 162 g/mol. The summed E-state index contributed by atoms with van der Waals surface area (Å²) in [5.74, 6) is 0. The van der Waals surface area contributed by atoms with Crippen LogP contribution >= 0.6 is 12.4 Å². The number of aliphatic hydroxyl groups is 1.